The third kappa shape index (κ3) is 2.01. The second-order valence-electron chi connectivity index (χ2n) is 7.85. The fourth-order valence-electron chi connectivity index (χ4n) is 4.61. The van der Waals surface area contributed by atoms with Gasteiger partial charge in [0.05, 0.1) is 29.2 Å². The molecule has 3 saturated carbocycles. The van der Waals surface area contributed by atoms with E-state index in [-0.39, 0.29) is 5.54 Å². The Morgan fingerprint density at radius 1 is 1.12 bits per heavy atom. The summed E-state index contributed by atoms with van der Waals surface area (Å²) < 4.78 is 4.02. The Kier molecular flexibility index (Phi) is 3.00. The first kappa shape index (κ1) is 15.0. The first-order valence-corrected chi connectivity index (χ1v) is 9.65. The number of pyridine rings is 1. The van der Waals surface area contributed by atoms with Crippen molar-refractivity contribution >= 4 is 28.5 Å². The minimum absolute atomic E-state index is 0.286. The van der Waals surface area contributed by atoms with Crippen molar-refractivity contribution in [3.8, 4) is 5.69 Å². The van der Waals surface area contributed by atoms with Crippen LogP contribution in [-0.4, -0.2) is 50.7 Å². The van der Waals surface area contributed by atoms with Gasteiger partial charge in [0.25, 0.3) is 0 Å². The van der Waals surface area contributed by atoms with Crippen molar-refractivity contribution in [2.75, 3.05) is 31.1 Å². The molecule has 0 atom stereocenters. The van der Waals surface area contributed by atoms with Gasteiger partial charge in [0.15, 0.2) is 5.65 Å². The summed E-state index contributed by atoms with van der Waals surface area (Å²) in [5.41, 5.74) is 2.08. The van der Waals surface area contributed by atoms with Gasteiger partial charge in [-0.2, -0.15) is 10.2 Å². The molecule has 7 nitrogen and oxygen atoms in total. The lowest BCUT2D eigenvalue weighted by Crippen LogP contribution is -2.59. The molecule has 1 aliphatic heterocycles. The molecule has 26 heavy (non-hydrogen) atoms. The van der Waals surface area contributed by atoms with E-state index in [9.17, 15) is 0 Å². The van der Waals surface area contributed by atoms with Gasteiger partial charge in [0, 0.05) is 31.6 Å². The van der Waals surface area contributed by atoms with Crippen LogP contribution in [0.25, 0.3) is 16.7 Å². The maximum Gasteiger partial charge on any atom is 0.165 e. The third-order valence-electron chi connectivity index (χ3n) is 6.20. The molecule has 134 valence electrons. The van der Waals surface area contributed by atoms with Gasteiger partial charge in [-0.25, -0.2) is 9.67 Å². The third-order valence-corrected chi connectivity index (χ3v) is 6.48. The van der Waals surface area contributed by atoms with Crippen LogP contribution in [0.4, 0.5) is 5.82 Å². The predicted molar refractivity (Wildman–Crippen MR) is 100 cm³/mol. The summed E-state index contributed by atoms with van der Waals surface area (Å²) in [6.45, 7) is 3.72. The summed E-state index contributed by atoms with van der Waals surface area (Å²) >= 11 is 6.51. The molecule has 8 heteroatoms. The average Bonchev–Trinajstić information content (AvgIpc) is 3.19. The van der Waals surface area contributed by atoms with Crippen LogP contribution in [0.1, 0.15) is 19.3 Å². The molecule has 4 aliphatic rings. The Morgan fingerprint density at radius 3 is 2.65 bits per heavy atom. The van der Waals surface area contributed by atoms with E-state index in [0.29, 0.717) is 5.02 Å². The van der Waals surface area contributed by atoms with Crippen LogP contribution in [0.3, 0.4) is 0 Å². The zero-order valence-electron chi connectivity index (χ0n) is 14.4. The molecule has 4 fully saturated rings. The Labute approximate surface area is 155 Å². The van der Waals surface area contributed by atoms with E-state index in [1.807, 2.05) is 23.1 Å². The van der Waals surface area contributed by atoms with Gasteiger partial charge in [-0.1, -0.05) is 11.6 Å². The standard InChI is InChI=1S/C18H20ClN7/c19-15-5-13-9-22-26(16(13)23-17(15)24-3-1-20-2-4-24)14-10-21-25(11-14)18-6-12(7-18)8-18/h5,9-12,20H,1-4,6-8H2. The second-order valence-corrected chi connectivity index (χ2v) is 8.25. The Bertz CT molecular complexity index is 983. The molecule has 0 unspecified atom stereocenters. The monoisotopic (exact) mass is 369 g/mol. The summed E-state index contributed by atoms with van der Waals surface area (Å²) in [6, 6.07) is 1.97. The summed E-state index contributed by atoms with van der Waals surface area (Å²) in [5, 5.41) is 14.2. The van der Waals surface area contributed by atoms with Gasteiger partial charge < -0.3 is 10.2 Å². The second kappa shape index (κ2) is 5.20. The number of nitrogens with one attached hydrogen (secondary N) is 1. The van der Waals surface area contributed by atoms with E-state index < -0.39 is 0 Å². The van der Waals surface area contributed by atoms with Gasteiger partial charge in [0.2, 0.25) is 0 Å². The maximum atomic E-state index is 6.51. The van der Waals surface area contributed by atoms with E-state index >= 15 is 0 Å². The van der Waals surface area contributed by atoms with Gasteiger partial charge in [-0.15, -0.1) is 0 Å². The van der Waals surface area contributed by atoms with E-state index in [2.05, 4.69) is 31.3 Å². The quantitative estimate of drug-likeness (QED) is 0.766. The lowest BCUT2D eigenvalue weighted by Gasteiger charge is -2.61. The SMILES string of the molecule is Clc1cc2cnn(-c3cnn(C45CC(C4)C5)c3)c2nc1N1CCNCC1. The zero-order valence-corrected chi connectivity index (χ0v) is 15.2. The lowest BCUT2D eigenvalue weighted by molar-refractivity contribution is -0.0977. The number of hydrogen-bond acceptors (Lipinski definition) is 5. The Hall–Kier alpha value is -2.12. The number of fused-ring (bicyclic) bond motifs is 1. The highest BCUT2D eigenvalue weighted by atomic mass is 35.5. The molecule has 3 aromatic heterocycles. The van der Waals surface area contributed by atoms with Crippen LogP contribution >= 0.6 is 11.6 Å². The van der Waals surface area contributed by atoms with Crippen molar-refractivity contribution in [3.63, 3.8) is 0 Å². The van der Waals surface area contributed by atoms with Crippen molar-refractivity contribution < 1.29 is 0 Å². The highest BCUT2D eigenvalue weighted by molar-refractivity contribution is 6.33. The fourth-order valence-corrected chi connectivity index (χ4v) is 4.89. The van der Waals surface area contributed by atoms with Gasteiger partial charge >= 0.3 is 0 Å². The van der Waals surface area contributed by atoms with Crippen LogP contribution in [0.2, 0.25) is 5.02 Å². The molecule has 3 aromatic rings. The maximum absolute atomic E-state index is 6.51. The minimum Gasteiger partial charge on any atom is -0.353 e. The normalized spacial score (nSPS) is 27.4. The van der Waals surface area contributed by atoms with Crippen LogP contribution in [0.15, 0.2) is 24.7 Å². The zero-order chi connectivity index (χ0) is 17.3. The summed E-state index contributed by atoms with van der Waals surface area (Å²) in [6.07, 6.45) is 9.66. The molecular formula is C18H20ClN7. The molecule has 2 bridgehead atoms. The molecule has 3 aliphatic carbocycles. The highest BCUT2D eigenvalue weighted by Gasteiger charge is 2.58. The Morgan fingerprint density at radius 2 is 1.92 bits per heavy atom. The van der Waals surface area contributed by atoms with Crippen LogP contribution in [-0.2, 0) is 5.54 Å². The molecule has 0 radical (unpaired) electrons. The highest BCUT2D eigenvalue weighted by Crippen LogP contribution is 2.62. The minimum atomic E-state index is 0.286. The number of piperazine rings is 1. The molecule has 0 aromatic carbocycles. The number of hydrogen-bond donors (Lipinski definition) is 1. The van der Waals surface area contributed by atoms with Gasteiger partial charge in [-0.3, -0.25) is 4.68 Å². The first-order valence-electron chi connectivity index (χ1n) is 9.27. The van der Waals surface area contributed by atoms with Crippen molar-refractivity contribution in [2.45, 2.75) is 24.8 Å². The van der Waals surface area contributed by atoms with Gasteiger partial charge in [0.1, 0.15) is 11.5 Å². The molecule has 7 rings (SSSR count). The number of anilines is 1. The van der Waals surface area contributed by atoms with Crippen molar-refractivity contribution in [1.29, 1.82) is 0 Å². The number of rotatable bonds is 3. The van der Waals surface area contributed by atoms with Gasteiger partial charge in [-0.05, 0) is 31.2 Å². The molecule has 0 amide bonds. The molecule has 1 N–H and O–H groups in total. The largest absolute Gasteiger partial charge is 0.353 e. The summed E-state index contributed by atoms with van der Waals surface area (Å²) in [7, 11) is 0. The molecular weight excluding hydrogens is 350 g/mol. The lowest BCUT2D eigenvalue weighted by atomic mass is 9.50. The van der Waals surface area contributed by atoms with Crippen LogP contribution in [0, 0.1) is 5.92 Å². The van der Waals surface area contributed by atoms with E-state index in [1.54, 1.807) is 0 Å². The smallest absolute Gasteiger partial charge is 0.165 e. The first-order chi connectivity index (χ1) is 12.7. The number of nitrogens with zero attached hydrogens (tertiary/aromatic N) is 6. The van der Waals surface area contributed by atoms with Crippen molar-refractivity contribution in [1.82, 2.24) is 29.9 Å². The van der Waals surface area contributed by atoms with E-state index in [1.165, 1.54) is 19.3 Å². The molecule has 1 saturated heterocycles. The van der Waals surface area contributed by atoms with Crippen molar-refractivity contribution in [2.24, 2.45) is 5.92 Å². The summed E-state index contributed by atoms with van der Waals surface area (Å²) in [5.74, 6) is 1.77. The molecule has 0 spiro atoms. The van der Waals surface area contributed by atoms with Crippen molar-refractivity contribution in [3.05, 3.63) is 29.7 Å². The fraction of sp³-hybridized carbons (Fsp3) is 0.500. The Balaban J connectivity index is 1.41. The predicted octanol–water partition coefficient (Wildman–Crippen LogP) is 2.19. The summed E-state index contributed by atoms with van der Waals surface area (Å²) in [4.78, 5) is 7.12. The molecule has 4 heterocycles. The number of halogens is 1. The topological polar surface area (TPSA) is 63.8 Å². The average molecular weight is 370 g/mol. The van der Waals surface area contributed by atoms with E-state index in [0.717, 1.165) is 54.6 Å². The van der Waals surface area contributed by atoms with Crippen LogP contribution in [0.5, 0.6) is 0 Å². The number of aromatic nitrogens is 5. The van der Waals surface area contributed by atoms with Crippen LogP contribution < -0.4 is 10.2 Å². The van der Waals surface area contributed by atoms with E-state index in [4.69, 9.17) is 16.6 Å².